The maximum atomic E-state index is 13.2. The first-order valence-electron chi connectivity index (χ1n) is 13.7. The molecule has 0 aliphatic carbocycles. The van der Waals surface area contributed by atoms with Gasteiger partial charge in [-0.25, -0.2) is 8.42 Å². The van der Waals surface area contributed by atoms with Crippen LogP contribution in [-0.4, -0.2) is 52.9 Å². The van der Waals surface area contributed by atoms with E-state index < -0.39 is 10.0 Å². The van der Waals surface area contributed by atoms with Crippen molar-refractivity contribution in [1.82, 2.24) is 18.8 Å². The summed E-state index contributed by atoms with van der Waals surface area (Å²) >= 11 is 0. The highest BCUT2D eigenvalue weighted by Crippen LogP contribution is 2.34. The van der Waals surface area contributed by atoms with E-state index in [0.717, 1.165) is 56.6 Å². The molecule has 2 aromatic heterocycles. The van der Waals surface area contributed by atoms with Crippen LogP contribution in [0.1, 0.15) is 40.9 Å². The average Bonchev–Trinajstić information content (AvgIpc) is 3.24. The molecule has 7 heteroatoms. The normalized spacial score (nSPS) is 17.6. The molecule has 0 spiro atoms. The molecule has 2 aromatic carbocycles. The largest absolute Gasteiger partial charge is 0.344 e. The van der Waals surface area contributed by atoms with Gasteiger partial charge in [-0.1, -0.05) is 35.4 Å². The van der Waals surface area contributed by atoms with Crippen LogP contribution >= 0.6 is 0 Å². The van der Waals surface area contributed by atoms with E-state index in [-0.39, 0.29) is 0 Å². The van der Waals surface area contributed by atoms with Gasteiger partial charge in [0.1, 0.15) is 0 Å². The number of fused-ring (bicyclic) bond motifs is 3. The Morgan fingerprint density at radius 1 is 0.921 bits per heavy atom. The van der Waals surface area contributed by atoms with Gasteiger partial charge in [-0.05, 0) is 68.7 Å². The van der Waals surface area contributed by atoms with Crippen molar-refractivity contribution in [3.63, 3.8) is 0 Å². The van der Waals surface area contributed by atoms with E-state index >= 15 is 0 Å². The fraction of sp³-hybridized carbons (Fsp3) is 0.387. The number of pyridine rings is 1. The van der Waals surface area contributed by atoms with E-state index in [9.17, 15) is 8.42 Å². The third-order valence-electron chi connectivity index (χ3n) is 8.36. The van der Waals surface area contributed by atoms with Crippen LogP contribution < -0.4 is 0 Å². The minimum Gasteiger partial charge on any atom is -0.344 e. The van der Waals surface area contributed by atoms with Crippen LogP contribution in [0.5, 0.6) is 0 Å². The summed E-state index contributed by atoms with van der Waals surface area (Å²) in [4.78, 5) is 7.54. The Hall–Kier alpha value is -3.00. The van der Waals surface area contributed by atoms with Crippen molar-refractivity contribution in [2.75, 3.05) is 19.6 Å². The van der Waals surface area contributed by atoms with Gasteiger partial charge in [0.25, 0.3) is 0 Å². The fourth-order valence-electron chi connectivity index (χ4n) is 6.23. The zero-order valence-electron chi connectivity index (χ0n) is 22.3. The SMILES string of the molecule is Cc1ccc(S(=O)(=O)N2CCC(N3CCc4c(c5cc(C)ccc5n4CCc4ccccn4)C3)CC2)cc1. The molecule has 6 nitrogen and oxygen atoms in total. The molecule has 4 aromatic rings. The number of hydrogen-bond acceptors (Lipinski definition) is 4. The van der Waals surface area contributed by atoms with Crippen LogP contribution in [0.25, 0.3) is 10.9 Å². The van der Waals surface area contributed by atoms with E-state index in [1.54, 1.807) is 16.4 Å². The molecule has 0 N–H and O–H groups in total. The second-order valence-electron chi connectivity index (χ2n) is 10.8. The molecule has 2 aliphatic heterocycles. The third-order valence-corrected chi connectivity index (χ3v) is 10.3. The van der Waals surface area contributed by atoms with Crippen LogP contribution in [0, 0.1) is 13.8 Å². The molecule has 0 atom stereocenters. The Kier molecular flexibility index (Phi) is 6.84. The lowest BCUT2D eigenvalue weighted by molar-refractivity contribution is 0.125. The molecule has 6 rings (SSSR count). The predicted octanol–water partition coefficient (Wildman–Crippen LogP) is 5.11. The summed E-state index contributed by atoms with van der Waals surface area (Å²) in [6.45, 7) is 8.18. The summed E-state index contributed by atoms with van der Waals surface area (Å²) in [6.07, 6.45) is 5.56. The Bertz CT molecular complexity index is 1540. The lowest BCUT2D eigenvalue weighted by atomic mass is 9.98. The first-order valence-corrected chi connectivity index (χ1v) is 15.2. The maximum Gasteiger partial charge on any atom is 0.243 e. The molecule has 2 aliphatic rings. The van der Waals surface area contributed by atoms with Crippen molar-refractivity contribution >= 4 is 20.9 Å². The van der Waals surface area contributed by atoms with E-state index in [2.05, 4.69) is 51.7 Å². The summed E-state index contributed by atoms with van der Waals surface area (Å²) < 4.78 is 30.6. The minimum absolute atomic E-state index is 0.401. The van der Waals surface area contributed by atoms with Crippen LogP contribution in [0.2, 0.25) is 0 Å². The van der Waals surface area contributed by atoms with Crippen LogP contribution in [0.4, 0.5) is 0 Å². The molecule has 0 amide bonds. The predicted molar refractivity (Wildman–Crippen MR) is 152 cm³/mol. The number of nitrogens with zero attached hydrogens (tertiary/aromatic N) is 4. The monoisotopic (exact) mass is 528 g/mol. The first-order chi connectivity index (χ1) is 18.4. The number of piperidine rings is 1. The van der Waals surface area contributed by atoms with Crippen molar-refractivity contribution in [2.45, 2.75) is 63.6 Å². The Balaban J connectivity index is 1.19. The molecule has 198 valence electrons. The van der Waals surface area contributed by atoms with Crippen molar-refractivity contribution in [1.29, 1.82) is 0 Å². The molecule has 38 heavy (non-hydrogen) atoms. The highest BCUT2D eigenvalue weighted by atomic mass is 32.2. The summed E-state index contributed by atoms with van der Waals surface area (Å²) in [5.41, 5.74) is 7.70. The number of benzene rings is 2. The van der Waals surface area contributed by atoms with E-state index in [0.29, 0.717) is 24.0 Å². The average molecular weight is 529 g/mol. The summed E-state index contributed by atoms with van der Waals surface area (Å²) in [6, 6.07) is 20.6. The molecular formula is C31H36N4O2S. The van der Waals surface area contributed by atoms with E-state index in [1.165, 1.54) is 27.7 Å². The van der Waals surface area contributed by atoms with Crippen molar-refractivity contribution < 1.29 is 8.42 Å². The molecule has 0 saturated carbocycles. The van der Waals surface area contributed by atoms with Gasteiger partial charge in [0.15, 0.2) is 0 Å². The smallest absolute Gasteiger partial charge is 0.243 e. The maximum absolute atomic E-state index is 13.2. The lowest BCUT2D eigenvalue weighted by Gasteiger charge is -2.40. The van der Waals surface area contributed by atoms with Crippen LogP contribution in [-0.2, 0) is 36.0 Å². The van der Waals surface area contributed by atoms with E-state index in [4.69, 9.17) is 0 Å². The zero-order valence-corrected chi connectivity index (χ0v) is 23.1. The third kappa shape index (κ3) is 4.79. The van der Waals surface area contributed by atoms with Gasteiger partial charge in [-0.15, -0.1) is 0 Å². The number of aryl methyl sites for hydroxylation is 4. The minimum atomic E-state index is -3.43. The van der Waals surface area contributed by atoms with Crippen molar-refractivity contribution in [3.8, 4) is 0 Å². The number of sulfonamides is 1. The van der Waals surface area contributed by atoms with Crippen LogP contribution in [0.15, 0.2) is 71.8 Å². The number of rotatable bonds is 6. The Morgan fingerprint density at radius 3 is 2.42 bits per heavy atom. The Labute approximate surface area is 226 Å². The zero-order chi connectivity index (χ0) is 26.3. The quantitative estimate of drug-likeness (QED) is 0.349. The Morgan fingerprint density at radius 2 is 1.68 bits per heavy atom. The summed E-state index contributed by atoms with van der Waals surface area (Å²) in [5, 5.41) is 1.37. The second-order valence-corrected chi connectivity index (χ2v) is 12.8. The first kappa shape index (κ1) is 25.3. The van der Waals surface area contributed by atoms with Gasteiger partial charge in [-0.2, -0.15) is 4.31 Å². The van der Waals surface area contributed by atoms with Crippen molar-refractivity contribution in [3.05, 3.63) is 94.9 Å². The number of aromatic nitrogens is 2. The molecule has 0 bridgehead atoms. The second kappa shape index (κ2) is 10.3. The fourth-order valence-corrected chi connectivity index (χ4v) is 7.70. The van der Waals surface area contributed by atoms with Gasteiger partial charge >= 0.3 is 0 Å². The number of hydrogen-bond donors (Lipinski definition) is 0. The molecule has 1 saturated heterocycles. The lowest BCUT2D eigenvalue weighted by Crippen LogP contribution is -2.48. The highest BCUT2D eigenvalue weighted by Gasteiger charge is 2.34. The molecule has 0 unspecified atom stereocenters. The summed E-state index contributed by atoms with van der Waals surface area (Å²) in [5.74, 6) is 0. The van der Waals surface area contributed by atoms with Gasteiger partial charge in [0, 0.05) is 80.1 Å². The topological polar surface area (TPSA) is 58.4 Å². The van der Waals surface area contributed by atoms with Gasteiger partial charge in [0.05, 0.1) is 4.90 Å². The van der Waals surface area contributed by atoms with E-state index in [1.807, 2.05) is 31.3 Å². The van der Waals surface area contributed by atoms with Crippen LogP contribution in [0.3, 0.4) is 0 Å². The highest BCUT2D eigenvalue weighted by molar-refractivity contribution is 7.89. The summed E-state index contributed by atoms with van der Waals surface area (Å²) in [7, 11) is -3.43. The molecule has 0 radical (unpaired) electrons. The van der Waals surface area contributed by atoms with Gasteiger partial charge < -0.3 is 4.57 Å². The van der Waals surface area contributed by atoms with Crippen molar-refractivity contribution in [2.24, 2.45) is 0 Å². The molecular weight excluding hydrogens is 492 g/mol. The molecule has 1 fully saturated rings. The molecule has 4 heterocycles. The van der Waals surface area contributed by atoms with Gasteiger partial charge in [-0.3, -0.25) is 9.88 Å². The van der Waals surface area contributed by atoms with Gasteiger partial charge in [0.2, 0.25) is 10.0 Å². The standard InChI is InChI=1S/C31H36N4O2S/c1-23-6-9-27(10-7-23)38(36,37)34-18-13-26(14-19-34)33-17-15-31-29(22-33)28-21-24(2)8-11-30(28)35(31)20-12-25-5-3-4-16-32-25/h3-11,16,21,26H,12-15,17-20,22H2,1-2H3.